The van der Waals surface area contributed by atoms with Crippen molar-refractivity contribution in [1.29, 1.82) is 0 Å². The van der Waals surface area contributed by atoms with Crippen LogP contribution in [-0.2, 0) is 0 Å². The first kappa shape index (κ1) is 19.9. The summed E-state index contributed by atoms with van der Waals surface area (Å²) in [6.07, 6.45) is 1.92. The summed E-state index contributed by atoms with van der Waals surface area (Å²) < 4.78 is 1.83. The van der Waals surface area contributed by atoms with Crippen molar-refractivity contribution < 1.29 is 4.79 Å². The summed E-state index contributed by atoms with van der Waals surface area (Å²) in [6, 6.07) is 15.9. The molecule has 0 spiro atoms. The summed E-state index contributed by atoms with van der Waals surface area (Å²) in [4.78, 5) is 22.5. The van der Waals surface area contributed by atoms with Gasteiger partial charge >= 0.3 is 0 Å². The zero-order chi connectivity index (χ0) is 21.3. The Balaban J connectivity index is 1.95. The molecule has 6 heteroatoms. The van der Waals surface area contributed by atoms with Crippen LogP contribution >= 0.6 is 0 Å². The number of rotatable bonds is 6. The molecule has 0 saturated carbocycles. The van der Waals surface area contributed by atoms with E-state index in [0.29, 0.717) is 35.0 Å². The number of carbonyl (C=O) groups is 1. The Morgan fingerprint density at radius 2 is 1.73 bits per heavy atom. The minimum Gasteiger partial charge on any atom is -0.384 e. The van der Waals surface area contributed by atoms with Crippen molar-refractivity contribution in [2.75, 3.05) is 12.3 Å². The Labute approximate surface area is 176 Å². The first-order valence-corrected chi connectivity index (χ1v) is 10.5. The smallest absolute Gasteiger partial charge is 0.257 e. The second-order valence-corrected chi connectivity index (χ2v) is 7.64. The summed E-state index contributed by atoms with van der Waals surface area (Å²) in [5.74, 6) is 0.612. The summed E-state index contributed by atoms with van der Waals surface area (Å²) in [5.41, 5.74) is 11.6. The monoisotopic (exact) mass is 401 g/mol. The summed E-state index contributed by atoms with van der Waals surface area (Å²) >= 11 is 0. The molecule has 2 heterocycles. The second kappa shape index (κ2) is 8.14. The number of nitrogens with zero attached hydrogens (tertiary/aromatic N) is 3. The van der Waals surface area contributed by atoms with Crippen LogP contribution in [0.15, 0.2) is 48.5 Å². The van der Waals surface area contributed by atoms with Gasteiger partial charge < -0.3 is 11.1 Å². The number of aromatic nitrogens is 3. The van der Waals surface area contributed by atoms with Crippen molar-refractivity contribution >= 4 is 33.9 Å². The van der Waals surface area contributed by atoms with Gasteiger partial charge in [0.1, 0.15) is 16.9 Å². The van der Waals surface area contributed by atoms with Gasteiger partial charge in [-0.25, -0.2) is 9.97 Å². The molecule has 4 rings (SSSR count). The van der Waals surface area contributed by atoms with Gasteiger partial charge in [0.15, 0.2) is 5.65 Å². The Hall–Kier alpha value is -3.41. The zero-order valence-electron chi connectivity index (χ0n) is 17.6. The fraction of sp³-hybridized carbons (Fsp3) is 0.292. The van der Waals surface area contributed by atoms with Crippen LogP contribution in [0.5, 0.6) is 0 Å². The van der Waals surface area contributed by atoms with Crippen molar-refractivity contribution in [1.82, 2.24) is 19.9 Å². The van der Waals surface area contributed by atoms with Gasteiger partial charge in [0, 0.05) is 12.2 Å². The lowest BCUT2D eigenvalue weighted by molar-refractivity contribution is 0.0956. The molecule has 0 fully saturated rings. The van der Waals surface area contributed by atoms with E-state index in [4.69, 9.17) is 15.7 Å². The first-order valence-electron chi connectivity index (χ1n) is 10.5. The van der Waals surface area contributed by atoms with Crippen molar-refractivity contribution in [2.45, 2.75) is 39.5 Å². The Kier molecular flexibility index (Phi) is 5.40. The molecule has 0 aliphatic carbocycles. The number of hydrogen-bond donors (Lipinski definition) is 2. The number of anilines is 1. The maximum absolute atomic E-state index is 12.9. The number of nitrogens with one attached hydrogen (secondary N) is 1. The fourth-order valence-corrected chi connectivity index (χ4v) is 3.66. The topological polar surface area (TPSA) is 85.8 Å². The number of benzene rings is 2. The lowest BCUT2D eigenvalue weighted by Crippen LogP contribution is -2.25. The Morgan fingerprint density at radius 1 is 1.07 bits per heavy atom. The van der Waals surface area contributed by atoms with E-state index < -0.39 is 0 Å². The highest BCUT2D eigenvalue weighted by molar-refractivity contribution is 6.11. The summed E-state index contributed by atoms with van der Waals surface area (Å²) in [7, 11) is 0. The van der Waals surface area contributed by atoms with E-state index in [2.05, 4.69) is 31.3 Å². The molecular formula is C24H27N5O. The van der Waals surface area contributed by atoms with Gasteiger partial charge in [0.2, 0.25) is 0 Å². The molecule has 30 heavy (non-hydrogen) atoms. The average Bonchev–Trinajstić information content (AvgIpc) is 3.06. The van der Waals surface area contributed by atoms with Crippen LogP contribution in [0.2, 0.25) is 0 Å². The number of para-hydroxylation sites is 2. The van der Waals surface area contributed by atoms with Crippen molar-refractivity contribution in [3.63, 3.8) is 0 Å². The minimum absolute atomic E-state index is 0.223. The Bertz CT molecular complexity index is 1210. The van der Waals surface area contributed by atoms with Crippen LogP contribution in [0, 0.1) is 0 Å². The standard InChI is InChI=1S/C24H27N5O/c1-4-14-26-24(30)20-21-23(28-19-9-7-6-8-18(19)27-21)29(22(20)25)17-12-10-16(11-13-17)15(3)5-2/h6-13,15H,4-5,14,25H2,1-3H3,(H,26,30)/t15-/m0/s1. The lowest BCUT2D eigenvalue weighted by Gasteiger charge is -2.12. The second-order valence-electron chi connectivity index (χ2n) is 7.64. The van der Waals surface area contributed by atoms with Crippen LogP contribution in [0.4, 0.5) is 5.82 Å². The van der Waals surface area contributed by atoms with E-state index in [0.717, 1.165) is 29.6 Å². The highest BCUT2D eigenvalue weighted by atomic mass is 16.1. The normalized spacial score (nSPS) is 12.4. The predicted octanol–water partition coefficient (Wildman–Crippen LogP) is 4.81. The molecule has 1 atom stereocenters. The van der Waals surface area contributed by atoms with E-state index in [1.165, 1.54) is 5.56 Å². The van der Waals surface area contributed by atoms with E-state index in [9.17, 15) is 4.79 Å². The maximum atomic E-state index is 12.9. The number of fused-ring (bicyclic) bond motifs is 2. The van der Waals surface area contributed by atoms with Crippen molar-refractivity contribution in [3.8, 4) is 5.69 Å². The average molecular weight is 402 g/mol. The highest BCUT2D eigenvalue weighted by Gasteiger charge is 2.24. The van der Waals surface area contributed by atoms with Crippen LogP contribution in [-0.4, -0.2) is 27.0 Å². The number of nitrogens with two attached hydrogens (primary N) is 1. The molecule has 2 aromatic carbocycles. The van der Waals surface area contributed by atoms with Gasteiger partial charge in [-0.2, -0.15) is 0 Å². The summed E-state index contributed by atoms with van der Waals surface area (Å²) in [6.45, 7) is 6.98. The number of hydrogen-bond acceptors (Lipinski definition) is 4. The van der Waals surface area contributed by atoms with Crippen molar-refractivity contribution in [3.05, 3.63) is 59.7 Å². The molecule has 0 radical (unpaired) electrons. The van der Waals surface area contributed by atoms with Crippen LogP contribution in [0.3, 0.4) is 0 Å². The van der Waals surface area contributed by atoms with Gasteiger partial charge in [-0.15, -0.1) is 0 Å². The van der Waals surface area contributed by atoms with Gasteiger partial charge in [0.25, 0.3) is 5.91 Å². The van der Waals surface area contributed by atoms with E-state index in [1.807, 2.05) is 47.9 Å². The third-order valence-electron chi connectivity index (χ3n) is 5.59. The van der Waals surface area contributed by atoms with Crippen LogP contribution in [0.1, 0.15) is 55.5 Å². The molecule has 154 valence electrons. The Morgan fingerprint density at radius 3 is 2.37 bits per heavy atom. The molecule has 0 aliphatic heterocycles. The van der Waals surface area contributed by atoms with Gasteiger partial charge in [-0.3, -0.25) is 9.36 Å². The first-order chi connectivity index (χ1) is 14.5. The summed E-state index contributed by atoms with van der Waals surface area (Å²) in [5, 5.41) is 2.93. The lowest BCUT2D eigenvalue weighted by atomic mass is 9.99. The van der Waals surface area contributed by atoms with E-state index in [1.54, 1.807) is 0 Å². The number of amides is 1. The third kappa shape index (κ3) is 3.38. The number of carbonyl (C=O) groups excluding carboxylic acids is 1. The largest absolute Gasteiger partial charge is 0.384 e. The molecule has 6 nitrogen and oxygen atoms in total. The van der Waals surface area contributed by atoms with Crippen molar-refractivity contribution in [2.24, 2.45) is 0 Å². The molecule has 0 saturated heterocycles. The van der Waals surface area contributed by atoms with E-state index >= 15 is 0 Å². The SMILES string of the molecule is CCCNC(=O)c1c(N)n(-c2ccc([C@@H](C)CC)cc2)c2nc3ccccc3nc12. The molecule has 2 aromatic heterocycles. The molecule has 3 N–H and O–H groups in total. The highest BCUT2D eigenvalue weighted by Crippen LogP contribution is 2.31. The van der Waals surface area contributed by atoms with E-state index in [-0.39, 0.29) is 5.91 Å². The molecule has 0 unspecified atom stereocenters. The van der Waals surface area contributed by atoms with Gasteiger partial charge in [-0.1, -0.05) is 45.0 Å². The molecule has 1 amide bonds. The maximum Gasteiger partial charge on any atom is 0.257 e. The quantitative estimate of drug-likeness (QED) is 0.485. The number of nitrogen functional groups attached to an aromatic ring is 1. The zero-order valence-corrected chi connectivity index (χ0v) is 17.6. The van der Waals surface area contributed by atoms with Crippen LogP contribution in [0.25, 0.3) is 27.9 Å². The third-order valence-corrected chi connectivity index (χ3v) is 5.59. The molecule has 4 aromatic rings. The molecular weight excluding hydrogens is 374 g/mol. The van der Waals surface area contributed by atoms with Crippen LogP contribution < -0.4 is 11.1 Å². The van der Waals surface area contributed by atoms with Gasteiger partial charge in [-0.05, 0) is 48.6 Å². The molecule has 0 bridgehead atoms. The van der Waals surface area contributed by atoms with Gasteiger partial charge in [0.05, 0.1) is 11.0 Å². The minimum atomic E-state index is -0.223. The molecule has 0 aliphatic rings. The fourth-order valence-electron chi connectivity index (χ4n) is 3.66. The predicted molar refractivity (Wildman–Crippen MR) is 122 cm³/mol.